The van der Waals surface area contributed by atoms with Crippen LogP contribution in [0, 0.1) is 13.8 Å². The third-order valence-electron chi connectivity index (χ3n) is 7.21. The van der Waals surface area contributed by atoms with Crippen LogP contribution in [0.5, 0.6) is 0 Å². The topological polar surface area (TPSA) is 61.4 Å². The second-order valence-electron chi connectivity index (χ2n) is 9.95. The number of hydrogen-bond donors (Lipinski definition) is 1. The van der Waals surface area contributed by atoms with Crippen molar-refractivity contribution in [2.75, 3.05) is 44.2 Å². The van der Waals surface area contributed by atoms with Crippen LogP contribution in [0.25, 0.3) is 32.4 Å². The van der Waals surface area contributed by atoms with Crippen molar-refractivity contribution < 1.29 is 4.79 Å². The lowest BCUT2D eigenvalue weighted by molar-refractivity contribution is 0.0949. The summed E-state index contributed by atoms with van der Waals surface area (Å²) in [5.74, 6) is -0.0560. The van der Waals surface area contributed by atoms with Crippen molar-refractivity contribution in [1.82, 2.24) is 20.2 Å². The Labute approximate surface area is 226 Å². The van der Waals surface area contributed by atoms with Gasteiger partial charge < -0.3 is 10.2 Å². The lowest BCUT2D eigenvalue weighted by Crippen LogP contribution is -2.48. The molecule has 0 bridgehead atoms. The van der Waals surface area contributed by atoms with Gasteiger partial charge in [0.05, 0.1) is 27.0 Å². The minimum Gasteiger partial charge on any atom is -0.351 e. The average Bonchev–Trinajstić information content (AvgIpc) is 3.38. The summed E-state index contributed by atoms with van der Waals surface area (Å²) < 4.78 is 1.27. The van der Waals surface area contributed by atoms with Crippen LogP contribution in [0.3, 0.4) is 0 Å². The summed E-state index contributed by atoms with van der Waals surface area (Å²) in [7, 11) is 0. The smallest absolute Gasteiger partial charge is 0.252 e. The van der Waals surface area contributed by atoms with Gasteiger partial charge in [-0.25, -0.2) is 9.97 Å². The van der Waals surface area contributed by atoms with E-state index in [0.717, 1.165) is 65.5 Å². The Morgan fingerprint density at radius 1 is 0.921 bits per heavy atom. The monoisotopic (exact) mass is 521 g/mol. The molecule has 1 N–H and O–H groups in total. The van der Waals surface area contributed by atoms with E-state index in [4.69, 9.17) is 9.97 Å². The van der Waals surface area contributed by atoms with Crippen molar-refractivity contribution in [1.29, 1.82) is 0 Å². The molecule has 0 saturated carbocycles. The van der Waals surface area contributed by atoms with E-state index in [1.807, 2.05) is 60.7 Å². The largest absolute Gasteiger partial charge is 0.351 e. The second kappa shape index (κ2) is 10.5. The van der Waals surface area contributed by atoms with Crippen LogP contribution >= 0.6 is 11.3 Å². The number of aromatic nitrogens is 2. The molecule has 1 amide bonds. The number of aryl methyl sites for hydroxylation is 2. The number of para-hydroxylation sites is 1. The Morgan fingerprint density at radius 3 is 2.50 bits per heavy atom. The highest BCUT2D eigenvalue weighted by molar-refractivity contribution is 7.22. The molecule has 7 heteroatoms. The minimum absolute atomic E-state index is 0.0560. The molecule has 0 aliphatic carbocycles. The molecular weight excluding hydrogens is 490 g/mol. The molecule has 2 aromatic heterocycles. The first-order valence-corrected chi connectivity index (χ1v) is 14.0. The fourth-order valence-electron chi connectivity index (χ4n) is 5.20. The molecule has 3 aromatic carbocycles. The molecule has 1 saturated heterocycles. The maximum absolute atomic E-state index is 13.3. The van der Waals surface area contributed by atoms with Gasteiger partial charge in [0.25, 0.3) is 5.91 Å². The zero-order valence-electron chi connectivity index (χ0n) is 21.8. The molecule has 1 aliphatic rings. The van der Waals surface area contributed by atoms with E-state index in [-0.39, 0.29) is 5.91 Å². The van der Waals surface area contributed by atoms with E-state index >= 15 is 0 Å². The van der Waals surface area contributed by atoms with Gasteiger partial charge in [-0.1, -0.05) is 65.9 Å². The molecule has 38 heavy (non-hydrogen) atoms. The molecule has 0 radical (unpaired) electrons. The molecule has 1 aliphatic heterocycles. The summed E-state index contributed by atoms with van der Waals surface area (Å²) in [5.41, 5.74) is 6.97. The van der Waals surface area contributed by atoms with Gasteiger partial charge in [-0.15, -0.1) is 0 Å². The molecule has 3 heterocycles. The highest BCUT2D eigenvalue weighted by Crippen LogP contribution is 2.32. The average molecular weight is 522 g/mol. The second-order valence-corrected chi connectivity index (χ2v) is 11.0. The van der Waals surface area contributed by atoms with Crippen LogP contribution in [0.2, 0.25) is 0 Å². The number of anilines is 1. The quantitative estimate of drug-likeness (QED) is 0.312. The fraction of sp³-hybridized carbons (Fsp3) is 0.258. The lowest BCUT2D eigenvalue weighted by atomic mass is 10.0. The van der Waals surface area contributed by atoms with Gasteiger partial charge in [0, 0.05) is 50.2 Å². The Bertz CT molecular complexity index is 1610. The number of hydrogen-bond acceptors (Lipinski definition) is 6. The van der Waals surface area contributed by atoms with Crippen LogP contribution in [0.1, 0.15) is 21.5 Å². The van der Waals surface area contributed by atoms with Crippen LogP contribution in [-0.2, 0) is 0 Å². The number of fused-ring (bicyclic) bond motifs is 2. The maximum atomic E-state index is 13.3. The van der Waals surface area contributed by atoms with Gasteiger partial charge in [0.15, 0.2) is 5.13 Å². The van der Waals surface area contributed by atoms with Crippen LogP contribution in [0.4, 0.5) is 5.13 Å². The van der Waals surface area contributed by atoms with Crippen LogP contribution in [0.15, 0.2) is 72.8 Å². The summed E-state index contributed by atoms with van der Waals surface area (Å²) >= 11 is 1.79. The number of nitrogens with zero attached hydrogens (tertiary/aromatic N) is 4. The summed E-state index contributed by atoms with van der Waals surface area (Å²) in [6.45, 7) is 9.52. The van der Waals surface area contributed by atoms with Gasteiger partial charge in [0.1, 0.15) is 0 Å². The van der Waals surface area contributed by atoms with E-state index in [9.17, 15) is 4.79 Å². The normalized spacial score (nSPS) is 14.3. The number of carbonyl (C=O) groups excluding carboxylic acids is 1. The predicted octanol–water partition coefficient (Wildman–Crippen LogP) is 5.68. The van der Waals surface area contributed by atoms with Crippen molar-refractivity contribution in [3.8, 4) is 11.3 Å². The number of carbonyl (C=O) groups is 1. The number of rotatable bonds is 6. The molecule has 1 fully saturated rings. The number of piperazine rings is 1. The molecule has 0 unspecified atom stereocenters. The predicted molar refractivity (Wildman–Crippen MR) is 157 cm³/mol. The molecule has 5 aromatic rings. The highest BCUT2D eigenvalue weighted by atomic mass is 32.1. The van der Waals surface area contributed by atoms with Crippen molar-refractivity contribution >= 4 is 43.5 Å². The van der Waals surface area contributed by atoms with Gasteiger partial charge >= 0.3 is 0 Å². The number of benzene rings is 3. The summed E-state index contributed by atoms with van der Waals surface area (Å²) in [6, 6.07) is 24.2. The van der Waals surface area contributed by atoms with Crippen molar-refractivity contribution in [2.45, 2.75) is 13.8 Å². The zero-order chi connectivity index (χ0) is 26.1. The van der Waals surface area contributed by atoms with Crippen LogP contribution in [-0.4, -0.2) is 60.0 Å². The highest BCUT2D eigenvalue weighted by Gasteiger charge is 2.21. The van der Waals surface area contributed by atoms with Crippen molar-refractivity contribution in [2.24, 2.45) is 0 Å². The van der Waals surface area contributed by atoms with Gasteiger partial charge in [-0.2, -0.15) is 0 Å². The lowest BCUT2D eigenvalue weighted by Gasteiger charge is -2.34. The SMILES string of the molecule is Cc1cc(C)c2nc(N3CCN(CCNC(=O)c4cc(-c5ccccc5)nc5ccccc45)CC3)sc2c1. The zero-order valence-corrected chi connectivity index (χ0v) is 22.6. The molecule has 6 nitrogen and oxygen atoms in total. The number of nitrogens with one attached hydrogen (secondary N) is 1. The summed E-state index contributed by atoms with van der Waals surface area (Å²) in [4.78, 5) is 27.8. The minimum atomic E-state index is -0.0560. The van der Waals surface area contributed by atoms with E-state index < -0.39 is 0 Å². The Morgan fingerprint density at radius 2 is 1.68 bits per heavy atom. The number of pyridine rings is 1. The van der Waals surface area contributed by atoms with Crippen molar-refractivity contribution in [3.05, 3.63) is 89.5 Å². The third kappa shape index (κ3) is 4.99. The molecule has 6 rings (SSSR count). The van der Waals surface area contributed by atoms with E-state index in [1.54, 1.807) is 11.3 Å². The summed E-state index contributed by atoms with van der Waals surface area (Å²) in [5, 5.41) is 5.14. The standard InChI is InChI=1S/C31H31N5OS/c1-21-18-22(2)29-28(19-21)38-31(34-29)36-16-14-35(15-17-36)13-12-32-30(37)25-20-27(23-8-4-3-5-9-23)33-26-11-7-6-10-24(25)26/h3-11,18-20H,12-17H2,1-2H3,(H,32,37). The van der Waals surface area contributed by atoms with E-state index in [1.165, 1.54) is 15.8 Å². The molecule has 0 spiro atoms. The number of amides is 1. The Balaban J connectivity index is 1.08. The molecule has 192 valence electrons. The third-order valence-corrected chi connectivity index (χ3v) is 8.27. The van der Waals surface area contributed by atoms with Gasteiger partial charge in [-0.3, -0.25) is 9.69 Å². The number of thiazole rings is 1. The van der Waals surface area contributed by atoms with Crippen molar-refractivity contribution in [3.63, 3.8) is 0 Å². The van der Waals surface area contributed by atoms with Gasteiger partial charge in [0.2, 0.25) is 0 Å². The fourth-order valence-corrected chi connectivity index (χ4v) is 6.39. The van der Waals surface area contributed by atoms with Gasteiger partial charge in [-0.05, 0) is 43.2 Å². The van der Waals surface area contributed by atoms with E-state index in [2.05, 4.69) is 41.1 Å². The first-order valence-electron chi connectivity index (χ1n) is 13.1. The van der Waals surface area contributed by atoms with E-state index in [0.29, 0.717) is 12.1 Å². The first-order chi connectivity index (χ1) is 18.5. The Hall–Kier alpha value is -3.81. The Kier molecular flexibility index (Phi) is 6.79. The summed E-state index contributed by atoms with van der Waals surface area (Å²) in [6.07, 6.45) is 0. The molecular formula is C31H31N5OS. The first kappa shape index (κ1) is 24.5. The van der Waals surface area contributed by atoms with Crippen LogP contribution < -0.4 is 10.2 Å². The molecule has 0 atom stereocenters. The maximum Gasteiger partial charge on any atom is 0.252 e.